The summed E-state index contributed by atoms with van der Waals surface area (Å²) in [5.41, 5.74) is 2.08. The molecule has 0 aromatic heterocycles. The van der Waals surface area contributed by atoms with E-state index in [1.807, 2.05) is 37.3 Å². The number of hydrogen-bond donors (Lipinski definition) is 1. The van der Waals surface area contributed by atoms with Gasteiger partial charge in [0.15, 0.2) is 0 Å². The number of amides is 2. The van der Waals surface area contributed by atoms with Crippen LogP contribution < -0.4 is 5.32 Å². The van der Waals surface area contributed by atoms with Crippen LogP contribution in [0.1, 0.15) is 53.3 Å². The molecule has 1 aliphatic heterocycles. The van der Waals surface area contributed by atoms with E-state index < -0.39 is 12.5 Å². The summed E-state index contributed by atoms with van der Waals surface area (Å²) < 4.78 is 24.6. The number of nitrogens with one attached hydrogen (secondary N) is 1. The number of fused-ring (bicyclic) bond motifs is 1. The Bertz CT molecular complexity index is 811. The summed E-state index contributed by atoms with van der Waals surface area (Å²) >= 11 is 0. The summed E-state index contributed by atoms with van der Waals surface area (Å²) in [7, 11) is 0. The van der Waals surface area contributed by atoms with E-state index >= 15 is 0 Å². The highest BCUT2D eigenvalue weighted by molar-refractivity contribution is 6.04. The van der Waals surface area contributed by atoms with Gasteiger partial charge in [0, 0.05) is 18.5 Å². The summed E-state index contributed by atoms with van der Waals surface area (Å²) in [5.74, 6) is -0.542. The summed E-state index contributed by atoms with van der Waals surface area (Å²) in [4.78, 5) is 27.4. The van der Waals surface area contributed by atoms with E-state index in [4.69, 9.17) is 0 Å². The third-order valence-electron chi connectivity index (χ3n) is 4.84. The SMILES string of the molecule is CC(c1ccccc1)N1C(=O)c2ccccc2[C@@H]1C(=O)NCCCC(F)F. The largest absolute Gasteiger partial charge is 0.354 e. The van der Waals surface area contributed by atoms with E-state index in [9.17, 15) is 18.4 Å². The van der Waals surface area contributed by atoms with Crippen LogP contribution in [-0.2, 0) is 4.79 Å². The number of halogens is 2. The lowest BCUT2D eigenvalue weighted by molar-refractivity contribution is -0.126. The minimum Gasteiger partial charge on any atom is -0.354 e. The summed E-state index contributed by atoms with van der Waals surface area (Å²) in [5, 5.41) is 2.71. The fraction of sp³-hybridized carbons (Fsp3) is 0.333. The molecule has 1 N–H and O–H groups in total. The van der Waals surface area contributed by atoms with Crippen LogP contribution in [0.25, 0.3) is 0 Å². The Kier molecular flexibility index (Phi) is 5.84. The van der Waals surface area contributed by atoms with E-state index in [-0.39, 0.29) is 37.2 Å². The first-order chi connectivity index (χ1) is 13.0. The van der Waals surface area contributed by atoms with Crippen molar-refractivity contribution in [2.75, 3.05) is 6.54 Å². The van der Waals surface area contributed by atoms with Crippen LogP contribution in [0, 0.1) is 0 Å². The van der Waals surface area contributed by atoms with Gasteiger partial charge in [0.05, 0.1) is 6.04 Å². The number of nitrogens with zero attached hydrogens (tertiary/aromatic N) is 1. The third-order valence-corrected chi connectivity index (χ3v) is 4.84. The maximum atomic E-state index is 13.0. The van der Waals surface area contributed by atoms with Gasteiger partial charge in [-0.05, 0) is 30.5 Å². The quantitative estimate of drug-likeness (QED) is 0.744. The molecule has 4 nitrogen and oxygen atoms in total. The molecule has 2 aromatic carbocycles. The highest BCUT2D eigenvalue weighted by Gasteiger charge is 2.43. The van der Waals surface area contributed by atoms with Gasteiger partial charge in [-0.1, -0.05) is 48.5 Å². The second-order valence-corrected chi connectivity index (χ2v) is 6.61. The van der Waals surface area contributed by atoms with Gasteiger partial charge in [-0.25, -0.2) is 8.78 Å². The van der Waals surface area contributed by atoms with E-state index in [2.05, 4.69) is 5.32 Å². The lowest BCUT2D eigenvalue weighted by Crippen LogP contribution is -2.40. The predicted molar refractivity (Wildman–Crippen MR) is 98.5 cm³/mol. The molecule has 0 spiro atoms. The van der Waals surface area contributed by atoms with Crippen LogP contribution in [0.3, 0.4) is 0 Å². The Morgan fingerprint density at radius 3 is 2.48 bits per heavy atom. The normalized spacial score (nSPS) is 17.1. The molecule has 1 unspecified atom stereocenters. The van der Waals surface area contributed by atoms with Crippen LogP contribution >= 0.6 is 0 Å². The molecule has 2 atom stereocenters. The van der Waals surface area contributed by atoms with Crippen molar-refractivity contribution in [3.63, 3.8) is 0 Å². The van der Waals surface area contributed by atoms with Crippen LogP contribution in [-0.4, -0.2) is 29.7 Å². The molecule has 0 bridgehead atoms. The average molecular weight is 372 g/mol. The second kappa shape index (κ2) is 8.29. The Labute approximate surface area is 157 Å². The van der Waals surface area contributed by atoms with Crippen molar-refractivity contribution in [2.24, 2.45) is 0 Å². The Morgan fingerprint density at radius 1 is 1.11 bits per heavy atom. The van der Waals surface area contributed by atoms with Crippen molar-refractivity contribution in [1.29, 1.82) is 0 Å². The van der Waals surface area contributed by atoms with E-state index in [1.165, 1.54) is 0 Å². The zero-order chi connectivity index (χ0) is 19.4. The van der Waals surface area contributed by atoms with E-state index in [0.29, 0.717) is 11.1 Å². The Hall–Kier alpha value is -2.76. The first-order valence-corrected chi connectivity index (χ1v) is 9.03. The molecule has 0 saturated heterocycles. The van der Waals surface area contributed by atoms with Gasteiger partial charge >= 0.3 is 0 Å². The van der Waals surface area contributed by atoms with Gasteiger partial charge in [-0.3, -0.25) is 9.59 Å². The third kappa shape index (κ3) is 3.99. The number of rotatable bonds is 7. The van der Waals surface area contributed by atoms with E-state index in [0.717, 1.165) is 5.56 Å². The lowest BCUT2D eigenvalue weighted by atomic mass is 10.0. The summed E-state index contributed by atoms with van der Waals surface area (Å²) in [6, 6.07) is 15.5. The van der Waals surface area contributed by atoms with Crippen LogP contribution in [0.5, 0.6) is 0 Å². The highest BCUT2D eigenvalue weighted by Crippen LogP contribution is 2.39. The predicted octanol–water partition coefficient (Wildman–Crippen LogP) is 4.11. The molecule has 0 saturated carbocycles. The molecule has 6 heteroatoms. The minimum absolute atomic E-state index is 0.156. The molecule has 3 rings (SSSR count). The fourth-order valence-corrected chi connectivity index (χ4v) is 3.46. The standard InChI is InChI=1S/C21H22F2N2O2/c1-14(15-8-3-2-4-9-15)25-19(20(26)24-13-7-12-18(22)23)16-10-5-6-11-17(16)21(25)27/h2-6,8-11,14,18-19H,7,12-13H2,1H3,(H,24,26)/t14?,19-/m1/s1. The van der Waals surface area contributed by atoms with Crippen molar-refractivity contribution in [3.8, 4) is 0 Å². The topological polar surface area (TPSA) is 49.4 Å². The number of alkyl halides is 2. The first kappa shape index (κ1) is 19.0. The Balaban J connectivity index is 1.85. The molecule has 2 aromatic rings. The van der Waals surface area contributed by atoms with Crippen molar-refractivity contribution in [1.82, 2.24) is 10.2 Å². The van der Waals surface area contributed by atoms with Crippen LogP contribution in [0.4, 0.5) is 8.78 Å². The maximum absolute atomic E-state index is 13.0. The van der Waals surface area contributed by atoms with Gasteiger partial charge < -0.3 is 10.2 Å². The lowest BCUT2D eigenvalue weighted by Gasteiger charge is -2.31. The van der Waals surface area contributed by atoms with Gasteiger partial charge in [0.25, 0.3) is 5.91 Å². The molecular weight excluding hydrogens is 350 g/mol. The molecule has 0 radical (unpaired) electrons. The Morgan fingerprint density at radius 2 is 1.78 bits per heavy atom. The van der Waals surface area contributed by atoms with Crippen LogP contribution in [0.15, 0.2) is 54.6 Å². The smallest absolute Gasteiger partial charge is 0.255 e. The summed E-state index contributed by atoms with van der Waals surface area (Å²) in [6.07, 6.45) is -2.45. The van der Waals surface area contributed by atoms with Gasteiger partial charge in [-0.15, -0.1) is 0 Å². The molecule has 0 aliphatic carbocycles. The minimum atomic E-state index is -2.38. The number of carbonyl (C=O) groups is 2. The van der Waals surface area contributed by atoms with Crippen molar-refractivity contribution in [2.45, 2.75) is 38.3 Å². The number of benzene rings is 2. The first-order valence-electron chi connectivity index (χ1n) is 9.03. The molecule has 142 valence electrons. The van der Waals surface area contributed by atoms with Gasteiger partial charge in [0.2, 0.25) is 12.3 Å². The van der Waals surface area contributed by atoms with Crippen LogP contribution in [0.2, 0.25) is 0 Å². The summed E-state index contributed by atoms with van der Waals surface area (Å²) in [6.45, 7) is 2.04. The average Bonchev–Trinajstić information content (AvgIpc) is 2.98. The van der Waals surface area contributed by atoms with Gasteiger partial charge in [0.1, 0.15) is 6.04 Å². The zero-order valence-electron chi connectivity index (χ0n) is 15.1. The molecule has 1 heterocycles. The molecule has 27 heavy (non-hydrogen) atoms. The molecule has 1 aliphatic rings. The highest BCUT2D eigenvalue weighted by atomic mass is 19.3. The fourth-order valence-electron chi connectivity index (χ4n) is 3.46. The molecule has 0 fully saturated rings. The number of hydrogen-bond acceptors (Lipinski definition) is 2. The van der Waals surface area contributed by atoms with Crippen molar-refractivity contribution < 1.29 is 18.4 Å². The van der Waals surface area contributed by atoms with E-state index in [1.54, 1.807) is 29.2 Å². The molecule has 2 amide bonds. The van der Waals surface area contributed by atoms with Gasteiger partial charge in [-0.2, -0.15) is 0 Å². The molecular formula is C21H22F2N2O2. The van der Waals surface area contributed by atoms with Crippen molar-refractivity contribution in [3.05, 3.63) is 71.3 Å². The maximum Gasteiger partial charge on any atom is 0.255 e. The second-order valence-electron chi connectivity index (χ2n) is 6.61. The van der Waals surface area contributed by atoms with Crippen molar-refractivity contribution >= 4 is 11.8 Å². The number of carbonyl (C=O) groups excluding carboxylic acids is 2. The monoisotopic (exact) mass is 372 g/mol. The zero-order valence-corrected chi connectivity index (χ0v) is 15.1.